The Hall–Kier alpha value is -0.0400. The lowest BCUT2D eigenvalue weighted by Gasteiger charge is -2.13. The van der Waals surface area contributed by atoms with Gasteiger partial charge in [0.2, 0.25) is 0 Å². The lowest BCUT2D eigenvalue weighted by molar-refractivity contribution is 0.00506. The van der Waals surface area contributed by atoms with Crippen molar-refractivity contribution in [3.63, 3.8) is 0 Å². The van der Waals surface area contributed by atoms with Crippen LogP contribution in [0.25, 0.3) is 0 Å². The average molecular weight is 100 g/mol. The molecule has 0 aromatic carbocycles. The summed E-state index contributed by atoms with van der Waals surface area (Å²) < 4.78 is 0. The highest BCUT2D eigenvalue weighted by Crippen LogP contribution is 2.11. The van der Waals surface area contributed by atoms with Crippen LogP contribution in [0.3, 0.4) is 0 Å². The van der Waals surface area contributed by atoms with Crippen LogP contribution in [-0.4, -0.2) is 5.60 Å². The number of rotatable bonds is 2. The first-order valence-corrected chi connectivity index (χ1v) is 2.68. The van der Waals surface area contributed by atoms with E-state index in [1.54, 1.807) is 0 Å². The maximum Gasteiger partial charge on any atom is 0.103 e. The normalized spacial score (nSPS) is 12.0. The summed E-state index contributed by atoms with van der Waals surface area (Å²) in [5, 5.41) is 10.7. The SMILES string of the molecule is [CH2]C([O])(CC)CC. The van der Waals surface area contributed by atoms with E-state index in [0.29, 0.717) is 12.8 Å². The molecule has 0 atom stereocenters. The molecule has 0 N–H and O–H groups in total. The van der Waals surface area contributed by atoms with E-state index >= 15 is 0 Å². The zero-order valence-electron chi connectivity index (χ0n) is 5.03. The van der Waals surface area contributed by atoms with E-state index in [0.717, 1.165) is 0 Å². The van der Waals surface area contributed by atoms with Crippen LogP contribution in [0.4, 0.5) is 0 Å². The van der Waals surface area contributed by atoms with Gasteiger partial charge in [-0.05, 0) is 19.8 Å². The molecule has 0 bridgehead atoms. The van der Waals surface area contributed by atoms with E-state index in [-0.39, 0.29) is 0 Å². The lowest BCUT2D eigenvalue weighted by atomic mass is 10.0. The predicted octanol–water partition coefficient (Wildman–Crippen LogP) is 1.81. The minimum atomic E-state index is -0.917. The predicted molar refractivity (Wildman–Crippen MR) is 29.4 cm³/mol. The molecule has 0 amide bonds. The molecule has 7 heavy (non-hydrogen) atoms. The van der Waals surface area contributed by atoms with E-state index in [1.165, 1.54) is 0 Å². The van der Waals surface area contributed by atoms with E-state index in [4.69, 9.17) is 0 Å². The summed E-state index contributed by atoms with van der Waals surface area (Å²) in [4.78, 5) is 0. The lowest BCUT2D eigenvalue weighted by Crippen LogP contribution is -2.18. The third-order valence-corrected chi connectivity index (χ3v) is 1.29. The highest BCUT2D eigenvalue weighted by Gasteiger charge is 2.15. The molecule has 0 aromatic heterocycles. The monoisotopic (exact) mass is 100 g/mol. The third-order valence-electron chi connectivity index (χ3n) is 1.29. The van der Waals surface area contributed by atoms with Crippen molar-refractivity contribution in [2.75, 3.05) is 0 Å². The molecule has 0 rings (SSSR count). The maximum atomic E-state index is 10.7. The van der Waals surface area contributed by atoms with Gasteiger partial charge >= 0.3 is 0 Å². The van der Waals surface area contributed by atoms with Crippen molar-refractivity contribution in [3.05, 3.63) is 6.92 Å². The van der Waals surface area contributed by atoms with E-state index < -0.39 is 5.60 Å². The molecule has 0 saturated carbocycles. The summed E-state index contributed by atoms with van der Waals surface area (Å²) >= 11 is 0. The van der Waals surface area contributed by atoms with Crippen molar-refractivity contribution in [2.24, 2.45) is 0 Å². The molecule has 0 aliphatic carbocycles. The van der Waals surface area contributed by atoms with Crippen LogP contribution in [0.2, 0.25) is 0 Å². The molecule has 0 saturated heterocycles. The van der Waals surface area contributed by atoms with Gasteiger partial charge in [0.05, 0.1) is 0 Å². The second-order valence-electron chi connectivity index (χ2n) is 1.89. The Kier molecular flexibility index (Phi) is 2.30. The zero-order valence-corrected chi connectivity index (χ0v) is 5.03. The Labute approximate surface area is 45.4 Å². The van der Waals surface area contributed by atoms with E-state index in [9.17, 15) is 5.11 Å². The first-order chi connectivity index (χ1) is 3.12. The van der Waals surface area contributed by atoms with Crippen LogP contribution >= 0.6 is 0 Å². The quantitative estimate of drug-likeness (QED) is 0.504. The highest BCUT2D eigenvalue weighted by atomic mass is 16.3. The van der Waals surface area contributed by atoms with Crippen molar-refractivity contribution in [1.82, 2.24) is 0 Å². The van der Waals surface area contributed by atoms with Gasteiger partial charge in [-0.1, -0.05) is 13.8 Å². The molecule has 0 spiro atoms. The van der Waals surface area contributed by atoms with Gasteiger partial charge < -0.3 is 0 Å². The molecular weight excluding hydrogens is 88.1 g/mol. The van der Waals surface area contributed by atoms with Gasteiger partial charge in [-0.15, -0.1) is 0 Å². The van der Waals surface area contributed by atoms with Crippen molar-refractivity contribution in [3.8, 4) is 0 Å². The van der Waals surface area contributed by atoms with Gasteiger partial charge in [-0.2, -0.15) is 0 Å². The van der Waals surface area contributed by atoms with Crippen LogP contribution in [0.5, 0.6) is 0 Å². The van der Waals surface area contributed by atoms with Crippen molar-refractivity contribution in [2.45, 2.75) is 32.3 Å². The molecule has 0 aliphatic rings. The molecule has 0 aliphatic heterocycles. The van der Waals surface area contributed by atoms with E-state index in [1.807, 2.05) is 13.8 Å². The van der Waals surface area contributed by atoms with Crippen molar-refractivity contribution < 1.29 is 5.11 Å². The molecule has 0 aromatic rings. The fourth-order valence-corrected chi connectivity index (χ4v) is 0.250. The van der Waals surface area contributed by atoms with Gasteiger partial charge in [0.25, 0.3) is 0 Å². The Bertz CT molecular complexity index is 42.1. The van der Waals surface area contributed by atoms with Gasteiger partial charge in [-0.3, -0.25) is 0 Å². The second kappa shape index (κ2) is 2.31. The Morgan fingerprint density at radius 2 is 1.71 bits per heavy atom. The number of hydrogen-bond acceptors (Lipinski definition) is 0. The largest absolute Gasteiger partial charge is 0.230 e. The first kappa shape index (κ1) is 6.96. The minimum Gasteiger partial charge on any atom is -0.230 e. The Morgan fingerprint density at radius 1 is 1.43 bits per heavy atom. The molecule has 1 heteroatoms. The van der Waals surface area contributed by atoms with Crippen molar-refractivity contribution in [1.29, 1.82) is 0 Å². The van der Waals surface area contributed by atoms with Gasteiger partial charge in [0.1, 0.15) is 5.60 Å². The van der Waals surface area contributed by atoms with Crippen LogP contribution in [0, 0.1) is 6.92 Å². The fourth-order valence-electron chi connectivity index (χ4n) is 0.250. The van der Waals surface area contributed by atoms with Gasteiger partial charge in [0, 0.05) is 0 Å². The highest BCUT2D eigenvalue weighted by molar-refractivity contribution is 4.75. The van der Waals surface area contributed by atoms with Gasteiger partial charge in [-0.25, -0.2) is 5.11 Å². The molecule has 42 valence electrons. The molecule has 0 unspecified atom stereocenters. The van der Waals surface area contributed by atoms with Crippen LogP contribution in [-0.2, 0) is 5.11 Å². The average Bonchev–Trinajstić information content (AvgIpc) is 1.68. The fraction of sp³-hybridized carbons (Fsp3) is 0.833. The van der Waals surface area contributed by atoms with Gasteiger partial charge in [0.15, 0.2) is 0 Å². The van der Waals surface area contributed by atoms with E-state index in [2.05, 4.69) is 6.92 Å². The summed E-state index contributed by atoms with van der Waals surface area (Å²) in [6, 6.07) is 0. The number of hydrogen-bond donors (Lipinski definition) is 0. The summed E-state index contributed by atoms with van der Waals surface area (Å²) in [5.41, 5.74) is -0.917. The van der Waals surface area contributed by atoms with Crippen molar-refractivity contribution >= 4 is 0 Å². The summed E-state index contributed by atoms with van der Waals surface area (Å²) in [6.45, 7) is 7.18. The smallest absolute Gasteiger partial charge is 0.103 e. The maximum absolute atomic E-state index is 10.7. The zero-order chi connectivity index (χ0) is 5.91. The first-order valence-electron chi connectivity index (χ1n) is 2.68. The second-order valence-corrected chi connectivity index (χ2v) is 1.89. The topological polar surface area (TPSA) is 19.9 Å². The molecular formula is C6H12O. The minimum absolute atomic E-state index is 0.628. The Morgan fingerprint density at radius 3 is 1.71 bits per heavy atom. The molecule has 0 fully saturated rings. The third kappa shape index (κ3) is 2.63. The summed E-state index contributed by atoms with van der Waals surface area (Å²) in [7, 11) is 0. The molecule has 0 heterocycles. The summed E-state index contributed by atoms with van der Waals surface area (Å²) in [5.74, 6) is 0. The van der Waals surface area contributed by atoms with Crippen LogP contribution in [0.15, 0.2) is 0 Å². The Balaban J connectivity index is 3.36. The molecule has 1 nitrogen and oxygen atoms in total. The summed E-state index contributed by atoms with van der Waals surface area (Å²) in [6.07, 6.45) is 1.26. The molecule has 2 radical (unpaired) electrons. The van der Waals surface area contributed by atoms with Crippen LogP contribution in [0.1, 0.15) is 26.7 Å². The standard InChI is InChI=1S/C6H12O/c1-4-6(3,7)5-2/h3-5H2,1-2H3. The van der Waals surface area contributed by atoms with Crippen LogP contribution < -0.4 is 0 Å².